The first kappa shape index (κ1) is 16.1. The van der Waals surface area contributed by atoms with Crippen LogP contribution in [-0.4, -0.2) is 18.0 Å². The van der Waals surface area contributed by atoms with E-state index in [4.69, 9.17) is 4.74 Å². The Kier molecular flexibility index (Phi) is 4.01. The number of nitrogens with zero attached hydrogens (tertiary/aromatic N) is 2. The number of hydrogen-bond donors (Lipinski definition) is 1. The summed E-state index contributed by atoms with van der Waals surface area (Å²) in [6, 6.07) is 16.8. The van der Waals surface area contributed by atoms with Gasteiger partial charge in [0.1, 0.15) is 11.6 Å². The highest BCUT2D eigenvalue weighted by Crippen LogP contribution is 2.37. The SMILES string of the molecule is COc1ccc(N2C(=O)c3cccnc3[C@H]2Nc2cccc(F)c2)cc1. The van der Waals surface area contributed by atoms with Gasteiger partial charge < -0.3 is 10.1 Å². The maximum absolute atomic E-state index is 13.6. The van der Waals surface area contributed by atoms with Gasteiger partial charge >= 0.3 is 0 Å². The number of carbonyl (C=O) groups is 1. The molecule has 1 aliphatic heterocycles. The average Bonchev–Trinajstić information content (AvgIpc) is 2.94. The lowest BCUT2D eigenvalue weighted by Crippen LogP contribution is -2.32. The Bertz CT molecular complexity index is 959. The summed E-state index contributed by atoms with van der Waals surface area (Å²) in [5, 5.41) is 3.22. The minimum atomic E-state index is -0.533. The van der Waals surface area contributed by atoms with Gasteiger partial charge in [0, 0.05) is 17.6 Å². The molecule has 2 heterocycles. The van der Waals surface area contributed by atoms with E-state index in [2.05, 4.69) is 10.3 Å². The Labute approximate surface area is 150 Å². The van der Waals surface area contributed by atoms with E-state index in [-0.39, 0.29) is 11.7 Å². The number of aromatic nitrogens is 1. The lowest BCUT2D eigenvalue weighted by Gasteiger charge is -2.26. The molecule has 2 aromatic carbocycles. The van der Waals surface area contributed by atoms with E-state index in [0.717, 1.165) is 0 Å². The molecule has 0 bridgehead atoms. The van der Waals surface area contributed by atoms with Gasteiger partial charge in [0.2, 0.25) is 0 Å². The Morgan fingerprint density at radius 2 is 1.92 bits per heavy atom. The number of nitrogens with one attached hydrogen (secondary N) is 1. The molecule has 5 nitrogen and oxygen atoms in total. The molecule has 1 aromatic heterocycles. The number of fused-ring (bicyclic) bond motifs is 1. The third-order valence-corrected chi connectivity index (χ3v) is 4.28. The number of amides is 1. The van der Waals surface area contributed by atoms with Crippen molar-refractivity contribution in [3.63, 3.8) is 0 Å². The standard InChI is InChI=1S/C20H16FN3O2/c1-26-16-9-7-15(8-10-16)24-19(23-14-5-2-4-13(21)12-14)18-17(20(24)25)6-3-11-22-18/h2-12,19,23H,1H3/t19-/m0/s1. The van der Waals surface area contributed by atoms with Crippen molar-refractivity contribution in [2.24, 2.45) is 0 Å². The van der Waals surface area contributed by atoms with Crippen LogP contribution in [0.3, 0.4) is 0 Å². The van der Waals surface area contributed by atoms with Crippen molar-refractivity contribution in [3.8, 4) is 5.75 Å². The Morgan fingerprint density at radius 3 is 2.65 bits per heavy atom. The zero-order valence-electron chi connectivity index (χ0n) is 14.0. The maximum Gasteiger partial charge on any atom is 0.262 e. The van der Waals surface area contributed by atoms with Gasteiger partial charge in [-0.15, -0.1) is 0 Å². The molecule has 26 heavy (non-hydrogen) atoms. The molecule has 0 aliphatic carbocycles. The van der Waals surface area contributed by atoms with Gasteiger partial charge in [0.25, 0.3) is 5.91 Å². The summed E-state index contributed by atoms with van der Waals surface area (Å²) in [7, 11) is 1.59. The van der Waals surface area contributed by atoms with Gasteiger partial charge in [0.15, 0.2) is 6.17 Å². The number of benzene rings is 2. The lowest BCUT2D eigenvalue weighted by molar-refractivity contribution is 0.0993. The number of hydrogen-bond acceptors (Lipinski definition) is 4. The fourth-order valence-electron chi connectivity index (χ4n) is 3.06. The first-order chi connectivity index (χ1) is 12.7. The number of rotatable bonds is 4. The number of methoxy groups -OCH3 is 1. The summed E-state index contributed by atoms with van der Waals surface area (Å²) in [5.74, 6) is 0.189. The molecule has 0 saturated heterocycles. The molecule has 1 amide bonds. The normalized spacial score (nSPS) is 15.7. The molecular weight excluding hydrogens is 333 g/mol. The zero-order valence-corrected chi connectivity index (χ0v) is 14.0. The zero-order chi connectivity index (χ0) is 18.1. The van der Waals surface area contributed by atoms with E-state index in [1.807, 2.05) is 12.1 Å². The van der Waals surface area contributed by atoms with E-state index in [0.29, 0.717) is 28.4 Å². The molecule has 6 heteroatoms. The fourth-order valence-corrected chi connectivity index (χ4v) is 3.06. The van der Waals surface area contributed by atoms with E-state index in [1.165, 1.54) is 12.1 Å². The number of pyridine rings is 1. The topological polar surface area (TPSA) is 54.5 Å². The molecule has 1 aliphatic rings. The largest absolute Gasteiger partial charge is 0.497 e. The van der Waals surface area contributed by atoms with Crippen LogP contribution in [0.5, 0.6) is 5.75 Å². The molecule has 0 radical (unpaired) electrons. The third kappa shape index (κ3) is 2.75. The molecule has 130 valence electrons. The number of anilines is 2. The molecule has 0 saturated carbocycles. The summed E-state index contributed by atoms with van der Waals surface area (Å²) in [5.41, 5.74) is 2.40. The van der Waals surface area contributed by atoms with E-state index in [1.54, 1.807) is 54.6 Å². The molecule has 4 rings (SSSR count). The molecule has 0 spiro atoms. The summed E-state index contributed by atoms with van der Waals surface area (Å²) in [4.78, 5) is 18.9. The van der Waals surface area contributed by atoms with Crippen molar-refractivity contribution in [1.82, 2.24) is 4.98 Å². The monoisotopic (exact) mass is 349 g/mol. The van der Waals surface area contributed by atoms with Crippen LogP contribution >= 0.6 is 0 Å². The number of carbonyl (C=O) groups excluding carboxylic acids is 1. The molecule has 1 N–H and O–H groups in total. The first-order valence-electron chi connectivity index (χ1n) is 8.12. The minimum Gasteiger partial charge on any atom is -0.497 e. The van der Waals surface area contributed by atoms with E-state index < -0.39 is 6.17 Å². The van der Waals surface area contributed by atoms with Gasteiger partial charge in [-0.1, -0.05) is 6.07 Å². The van der Waals surface area contributed by atoms with Crippen LogP contribution in [-0.2, 0) is 0 Å². The first-order valence-corrected chi connectivity index (χ1v) is 8.12. The predicted molar refractivity (Wildman–Crippen MR) is 96.8 cm³/mol. The third-order valence-electron chi connectivity index (χ3n) is 4.28. The molecule has 0 unspecified atom stereocenters. The Morgan fingerprint density at radius 1 is 1.12 bits per heavy atom. The van der Waals surface area contributed by atoms with Gasteiger partial charge in [-0.05, 0) is 54.6 Å². The van der Waals surface area contributed by atoms with Gasteiger partial charge in [-0.3, -0.25) is 14.7 Å². The van der Waals surface area contributed by atoms with Crippen molar-refractivity contribution in [3.05, 3.63) is 83.9 Å². The van der Waals surface area contributed by atoms with E-state index in [9.17, 15) is 9.18 Å². The van der Waals surface area contributed by atoms with Crippen LogP contribution in [0.15, 0.2) is 66.9 Å². The summed E-state index contributed by atoms with van der Waals surface area (Å²) in [6.45, 7) is 0. The summed E-state index contributed by atoms with van der Waals surface area (Å²) >= 11 is 0. The fraction of sp³-hybridized carbons (Fsp3) is 0.100. The van der Waals surface area contributed by atoms with Crippen molar-refractivity contribution < 1.29 is 13.9 Å². The highest BCUT2D eigenvalue weighted by atomic mass is 19.1. The van der Waals surface area contributed by atoms with Crippen LogP contribution in [0.25, 0.3) is 0 Å². The maximum atomic E-state index is 13.6. The second-order valence-corrected chi connectivity index (χ2v) is 5.87. The van der Waals surface area contributed by atoms with Gasteiger partial charge in [-0.2, -0.15) is 0 Å². The van der Waals surface area contributed by atoms with E-state index >= 15 is 0 Å². The van der Waals surface area contributed by atoms with Gasteiger partial charge in [-0.25, -0.2) is 4.39 Å². The average molecular weight is 349 g/mol. The minimum absolute atomic E-state index is 0.160. The van der Waals surface area contributed by atoms with Crippen LogP contribution in [0, 0.1) is 5.82 Å². The Balaban J connectivity index is 1.76. The smallest absolute Gasteiger partial charge is 0.262 e. The van der Waals surface area contributed by atoms with Crippen LogP contribution < -0.4 is 15.0 Å². The van der Waals surface area contributed by atoms with Crippen LogP contribution in [0.1, 0.15) is 22.2 Å². The number of halogens is 1. The van der Waals surface area contributed by atoms with Crippen molar-refractivity contribution in [2.45, 2.75) is 6.17 Å². The van der Waals surface area contributed by atoms with Gasteiger partial charge in [0.05, 0.1) is 18.4 Å². The Hall–Kier alpha value is -3.41. The molecule has 0 fully saturated rings. The van der Waals surface area contributed by atoms with Crippen molar-refractivity contribution >= 4 is 17.3 Å². The predicted octanol–water partition coefficient (Wildman–Crippen LogP) is 4.00. The second kappa shape index (κ2) is 6.48. The van der Waals surface area contributed by atoms with Crippen molar-refractivity contribution in [2.75, 3.05) is 17.3 Å². The van der Waals surface area contributed by atoms with Crippen LogP contribution in [0.2, 0.25) is 0 Å². The highest BCUT2D eigenvalue weighted by Gasteiger charge is 2.39. The molecule has 3 aromatic rings. The molecular formula is C20H16FN3O2. The summed E-state index contributed by atoms with van der Waals surface area (Å²) < 4.78 is 18.8. The highest BCUT2D eigenvalue weighted by molar-refractivity contribution is 6.11. The number of ether oxygens (including phenoxy) is 1. The van der Waals surface area contributed by atoms with Crippen molar-refractivity contribution in [1.29, 1.82) is 0 Å². The molecule has 1 atom stereocenters. The van der Waals surface area contributed by atoms with Crippen LogP contribution in [0.4, 0.5) is 15.8 Å². The second-order valence-electron chi connectivity index (χ2n) is 5.87. The lowest BCUT2D eigenvalue weighted by atomic mass is 10.2. The summed E-state index contributed by atoms with van der Waals surface area (Å²) in [6.07, 6.45) is 1.11. The quantitative estimate of drug-likeness (QED) is 0.773.